The topological polar surface area (TPSA) is 46.2 Å². The molecule has 0 radical (unpaired) electrons. The van der Waals surface area contributed by atoms with Gasteiger partial charge in [-0.3, -0.25) is 0 Å². The van der Waals surface area contributed by atoms with Gasteiger partial charge in [-0.05, 0) is 36.2 Å². The third-order valence-corrected chi connectivity index (χ3v) is 12.6. The van der Waals surface area contributed by atoms with E-state index in [0.29, 0.717) is 0 Å². The number of hydrogen-bond donors (Lipinski definition) is 1. The van der Waals surface area contributed by atoms with E-state index in [4.69, 9.17) is 0 Å². The van der Waals surface area contributed by atoms with Crippen LogP contribution in [0.4, 0.5) is 0 Å². The van der Waals surface area contributed by atoms with Gasteiger partial charge in [0.05, 0.1) is 18.6 Å². The molecule has 0 saturated heterocycles. The van der Waals surface area contributed by atoms with E-state index in [0.717, 1.165) is 11.1 Å². The van der Waals surface area contributed by atoms with Crippen molar-refractivity contribution in [3.8, 4) is 11.8 Å². The molecule has 0 heterocycles. The van der Waals surface area contributed by atoms with Crippen molar-refractivity contribution in [1.82, 2.24) is 4.72 Å². The van der Waals surface area contributed by atoms with E-state index in [1.54, 1.807) is 12.1 Å². The third-order valence-electron chi connectivity index (χ3n) is 5.39. The van der Waals surface area contributed by atoms with Crippen LogP contribution in [0.15, 0.2) is 59.5 Å². The minimum absolute atomic E-state index is 0.0150. The maximum atomic E-state index is 13.0. The lowest BCUT2D eigenvalue weighted by Gasteiger charge is -2.41. The molecule has 1 N–H and O–H groups in total. The number of hydrogen-bond acceptors (Lipinski definition) is 2. The van der Waals surface area contributed by atoms with E-state index in [1.807, 2.05) is 49.4 Å². The predicted molar refractivity (Wildman–Crippen MR) is 116 cm³/mol. The van der Waals surface area contributed by atoms with Crippen LogP contribution in [0.1, 0.15) is 31.9 Å². The van der Waals surface area contributed by atoms with E-state index >= 15 is 0 Å². The lowest BCUT2D eigenvalue weighted by atomic mass is 10.2. The molecule has 5 heteroatoms. The molecule has 144 valence electrons. The van der Waals surface area contributed by atoms with Crippen LogP contribution in [0.25, 0.3) is 0 Å². The molecular formula is C22H29NO2SSi. The molecule has 0 bridgehead atoms. The first-order valence-corrected chi connectivity index (χ1v) is 13.7. The predicted octanol–water partition coefficient (Wildman–Crippen LogP) is 4.74. The molecule has 0 amide bonds. The van der Waals surface area contributed by atoms with E-state index in [1.165, 1.54) is 0 Å². The number of nitrogens with one attached hydrogen (secondary N) is 1. The Hall–Kier alpha value is -1.87. The standard InChI is InChI=1S/C22H29NO2SSi/c1-18-12-15-20(16-13-18)26(24,25)23-21(27(5,6)22(2,3)4)17-14-19-10-8-7-9-11-19/h7-13,15-16,21,23H,1-6H3/t21-/m1/s1. The summed E-state index contributed by atoms with van der Waals surface area (Å²) in [6, 6.07) is 16.6. The molecule has 27 heavy (non-hydrogen) atoms. The Labute approximate surface area is 165 Å². The second-order valence-corrected chi connectivity index (χ2v) is 15.7. The quantitative estimate of drug-likeness (QED) is 0.596. The molecule has 3 nitrogen and oxygen atoms in total. The monoisotopic (exact) mass is 399 g/mol. The van der Waals surface area contributed by atoms with Gasteiger partial charge in [0.2, 0.25) is 10.0 Å². The van der Waals surface area contributed by atoms with Gasteiger partial charge in [-0.15, -0.1) is 0 Å². The maximum Gasteiger partial charge on any atom is 0.241 e. The van der Waals surface area contributed by atoms with Gasteiger partial charge < -0.3 is 0 Å². The number of benzene rings is 2. The fourth-order valence-electron chi connectivity index (χ4n) is 2.41. The van der Waals surface area contributed by atoms with Crippen LogP contribution >= 0.6 is 0 Å². The van der Waals surface area contributed by atoms with Crippen LogP contribution < -0.4 is 4.72 Å². The Kier molecular flexibility index (Phi) is 6.36. The summed E-state index contributed by atoms with van der Waals surface area (Å²) in [5.41, 5.74) is 1.51. The van der Waals surface area contributed by atoms with Crippen molar-refractivity contribution in [2.75, 3.05) is 0 Å². The van der Waals surface area contributed by atoms with Crippen molar-refractivity contribution < 1.29 is 8.42 Å². The molecule has 2 rings (SSSR count). The largest absolute Gasteiger partial charge is 0.241 e. The summed E-state index contributed by atoms with van der Waals surface area (Å²) in [6.45, 7) is 12.8. The van der Waals surface area contributed by atoms with Gasteiger partial charge >= 0.3 is 0 Å². The molecular weight excluding hydrogens is 370 g/mol. The van der Waals surface area contributed by atoms with Crippen LogP contribution in [-0.4, -0.2) is 22.2 Å². The third kappa shape index (κ3) is 5.32. The summed E-state index contributed by atoms with van der Waals surface area (Å²) in [5.74, 6) is 6.41. The lowest BCUT2D eigenvalue weighted by molar-refractivity contribution is 0.580. The number of aryl methyl sites for hydroxylation is 1. The maximum absolute atomic E-state index is 13.0. The molecule has 0 aromatic heterocycles. The molecule has 0 unspecified atom stereocenters. The van der Waals surface area contributed by atoms with Crippen LogP contribution in [0.3, 0.4) is 0 Å². The summed E-state index contributed by atoms with van der Waals surface area (Å²) >= 11 is 0. The average molecular weight is 400 g/mol. The summed E-state index contributed by atoms with van der Waals surface area (Å²) in [5, 5.41) is -0.0150. The zero-order chi connectivity index (χ0) is 20.3. The Balaban J connectivity index is 2.44. The van der Waals surface area contributed by atoms with Gasteiger partial charge in [0, 0.05) is 5.56 Å². The van der Waals surface area contributed by atoms with E-state index in [9.17, 15) is 8.42 Å². The molecule has 0 fully saturated rings. The minimum Gasteiger partial charge on any atom is -0.207 e. The zero-order valence-electron chi connectivity index (χ0n) is 17.0. The van der Waals surface area contributed by atoms with Crippen LogP contribution in [0, 0.1) is 18.8 Å². The average Bonchev–Trinajstić information content (AvgIpc) is 2.58. The molecule has 2 aromatic carbocycles. The Morgan fingerprint density at radius 3 is 2.04 bits per heavy atom. The van der Waals surface area contributed by atoms with Crippen molar-refractivity contribution in [3.63, 3.8) is 0 Å². The Morgan fingerprint density at radius 1 is 0.963 bits per heavy atom. The highest BCUT2D eigenvalue weighted by molar-refractivity contribution is 7.89. The smallest absolute Gasteiger partial charge is 0.207 e. The highest BCUT2D eigenvalue weighted by Crippen LogP contribution is 2.38. The molecule has 0 aliphatic carbocycles. The number of sulfonamides is 1. The van der Waals surface area contributed by atoms with Gasteiger partial charge in [-0.25, -0.2) is 8.42 Å². The first kappa shape index (κ1) is 21.4. The molecule has 0 spiro atoms. The van der Waals surface area contributed by atoms with E-state index < -0.39 is 23.8 Å². The van der Waals surface area contributed by atoms with E-state index in [2.05, 4.69) is 50.4 Å². The van der Waals surface area contributed by atoms with Crippen LogP contribution in [-0.2, 0) is 10.0 Å². The minimum atomic E-state index is -3.64. The second kappa shape index (κ2) is 8.01. The molecule has 2 aromatic rings. The van der Waals surface area contributed by atoms with Crippen LogP contribution in [0.2, 0.25) is 18.1 Å². The van der Waals surface area contributed by atoms with Crippen molar-refractivity contribution in [1.29, 1.82) is 0 Å². The summed E-state index contributed by atoms with van der Waals surface area (Å²) in [4.78, 5) is 0.276. The molecule has 0 aliphatic heterocycles. The SMILES string of the molecule is Cc1ccc(S(=O)(=O)N[C@@H](C#Cc2ccccc2)[Si](C)(C)C(C)(C)C)cc1. The summed E-state index contributed by atoms with van der Waals surface area (Å²) in [7, 11) is -5.75. The Morgan fingerprint density at radius 2 is 1.52 bits per heavy atom. The zero-order valence-corrected chi connectivity index (χ0v) is 18.8. The van der Waals surface area contributed by atoms with Crippen molar-refractivity contribution in [3.05, 3.63) is 65.7 Å². The highest BCUT2D eigenvalue weighted by Gasteiger charge is 2.43. The Bertz CT molecular complexity index is 932. The van der Waals surface area contributed by atoms with Crippen molar-refractivity contribution >= 4 is 18.1 Å². The van der Waals surface area contributed by atoms with Gasteiger partial charge in [0.25, 0.3) is 0 Å². The molecule has 0 aliphatic rings. The lowest BCUT2D eigenvalue weighted by Crippen LogP contribution is -2.57. The van der Waals surface area contributed by atoms with Gasteiger partial charge in [-0.2, -0.15) is 4.72 Å². The summed E-state index contributed by atoms with van der Waals surface area (Å²) < 4.78 is 28.9. The normalized spacial score (nSPS) is 13.6. The highest BCUT2D eigenvalue weighted by atomic mass is 32.2. The molecule has 0 saturated carbocycles. The first-order valence-electron chi connectivity index (χ1n) is 9.09. The van der Waals surface area contributed by atoms with Gasteiger partial charge in [0.1, 0.15) is 0 Å². The van der Waals surface area contributed by atoms with Crippen molar-refractivity contribution in [2.24, 2.45) is 0 Å². The summed E-state index contributed by atoms with van der Waals surface area (Å²) in [6.07, 6.45) is 0. The van der Waals surface area contributed by atoms with Gasteiger partial charge in [-0.1, -0.05) is 81.6 Å². The fraction of sp³-hybridized carbons (Fsp3) is 0.364. The second-order valence-electron chi connectivity index (χ2n) is 8.47. The van der Waals surface area contributed by atoms with Crippen molar-refractivity contribution in [2.45, 2.75) is 56.4 Å². The van der Waals surface area contributed by atoms with Crippen LogP contribution in [0.5, 0.6) is 0 Å². The van der Waals surface area contributed by atoms with Gasteiger partial charge in [0.15, 0.2) is 0 Å². The molecule has 1 atom stereocenters. The van der Waals surface area contributed by atoms with E-state index in [-0.39, 0.29) is 9.93 Å². The fourth-order valence-corrected chi connectivity index (χ4v) is 6.35. The first-order chi connectivity index (χ1) is 12.4. The number of rotatable bonds is 4.